The molecule has 5 unspecified atom stereocenters. The van der Waals surface area contributed by atoms with E-state index < -0.39 is 74.6 Å². The number of ether oxygens (including phenoxy) is 4. The van der Waals surface area contributed by atoms with Gasteiger partial charge in [-0.1, -0.05) is 0 Å². The van der Waals surface area contributed by atoms with E-state index in [-0.39, 0.29) is 6.61 Å². The molecule has 2 aliphatic rings. The van der Waals surface area contributed by atoms with E-state index in [0.29, 0.717) is 5.75 Å². The quantitative estimate of drug-likeness (QED) is 0.193. The Hall–Kier alpha value is -0.0900. The summed E-state index contributed by atoms with van der Waals surface area (Å²) < 4.78 is 21.2. The van der Waals surface area contributed by atoms with Crippen LogP contribution in [0.25, 0.3) is 0 Å². The van der Waals surface area contributed by atoms with Crippen LogP contribution in [0.1, 0.15) is 0 Å². The molecule has 0 aromatic heterocycles. The number of rotatable bonds is 7. The molecule has 0 radical (unpaired) electrons. The van der Waals surface area contributed by atoms with Gasteiger partial charge < -0.3 is 54.7 Å². The average Bonchev–Trinajstić information content (AvgIpc) is 2.64. The van der Waals surface area contributed by atoms with Crippen molar-refractivity contribution >= 4 is 12.6 Å². The molecule has 26 heavy (non-hydrogen) atoms. The van der Waals surface area contributed by atoms with E-state index in [1.165, 1.54) is 0 Å². The van der Waals surface area contributed by atoms with Crippen molar-refractivity contribution in [2.45, 2.75) is 61.4 Å². The molecule has 154 valence electrons. The predicted molar refractivity (Wildman–Crippen MR) is 86.2 cm³/mol. The van der Waals surface area contributed by atoms with Gasteiger partial charge in [0.05, 0.1) is 19.8 Å². The molecule has 0 aromatic rings. The van der Waals surface area contributed by atoms with Crippen molar-refractivity contribution in [3.05, 3.63) is 0 Å². The molecular weight excluding hydrogens is 376 g/mol. The monoisotopic (exact) mass is 402 g/mol. The molecule has 10 atom stereocenters. The Morgan fingerprint density at radius 2 is 1.31 bits per heavy atom. The maximum atomic E-state index is 10.3. The zero-order valence-corrected chi connectivity index (χ0v) is 14.7. The van der Waals surface area contributed by atoms with Gasteiger partial charge in [0.15, 0.2) is 12.6 Å². The third kappa shape index (κ3) is 4.66. The second kappa shape index (κ2) is 9.91. The topological polar surface area (TPSA) is 179 Å². The molecule has 0 amide bonds. The van der Waals surface area contributed by atoms with Crippen LogP contribution in [0.4, 0.5) is 0 Å². The minimum absolute atomic E-state index is 0.133. The van der Waals surface area contributed by atoms with E-state index in [1.807, 2.05) is 0 Å². The fraction of sp³-hybridized carbons (Fsp3) is 1.00. The zero-order chi connectivity index (χ0) is 19.4. The smallest absolute Gasteiger partial charge is 0.187 e. The van der Waals surface area contributed by atoms with E-state index in [2.05, 4.69) is 12.6 Å². The first-order chi connectivity index (χ1) is 12.3. The van der Waals surface area contributed by atoms with Crippen molar-refractivity contribution in [3.63, 3.8) is 0 Å². The van der Waals surface area contributed by atoms with Gasteiger partial charge >= 0.3 is 0 Å². The van der Waals surface area contributed by atoms with Crippen LogP contribution in [0.2, 0.25) is 0 Å². The zero-order valence-electron chi connectivity index (χ0n) is 13.8. The Kier molecular flexibility index (Phi) is 8.46. The molecule has 11 nitrogen and oxygen atoms in total. The number of aliphatic hydroxyl groups is 7. The highest BCUT2D eigenvalue weighted by Gasteiger charge is 2.50. The maximum Gasteiger partial charge on any atom is 0.187 e. The third-order valence-electron chi connectivity index (χ3n) is 4.33. The number of aliphatic hydroxyl groups excluding tert-OH is 7. The van der Waals surface area contributed by atoms with Crippen molar-refractivity contribution in [1.29, 1.82) is 0 Å². The number of hydrogen-bond acceptors (Lipinski definition) is 12. The molecule has 7 N–H and O–H groups in total. The standard InChI is InChI=1S/C14H26O11S/c15-3-5-7(17)8(18)10(20)14(23-5)25-12-6(4-16)24-13(22-1-2-26)11(21)9(12)19/h5-21,26H,1-4H2/t5?,6?,7-,8?,9+,10?,11?,12+,13+,14-/m0/s1. The van der Waals surface area contributed by atoms with Gasteiger partial charge in [-0.3, -0.25) is 0 Å². The normalized spacial score (nSPS) is 47.1. The molecule has 2 fully saturated rings. The summed E-state index contributed by atoms with van der Waals surface area (Å²) >= 11 is 3.96. The van der Waals surface area contributed by atoms with Gasteiger partial charge in [-0.05, 0) is 0 Å². The predicted octanol–water partition coefficient (Wildman–Crippen LogP) is -4.44. The van der Waals surface area contributed by atoms with Gasteiger partial charge in [-0.2, -0.15) is 12.6 Å². The highest BCUT2D eigenvalue weighted by molar-refractivity contribution is 7.80. The maximum absolute atomic E-state index is 10.3. The Bertz CT molecular complexity index is 426. The van der Waals surface area contributed by atoms with E-state index in [4.69, 9.17) is 18.9 Å². The van der Waals surface area contributed by atoms with E-state index in [1.54, 1.807) is 0 Å². The lowest BCUT2D eigenvalue weighted by Crippen LogP contribution is -2.64. The van der Waals surface area contributed by atoms with E-state index >= 15 is 0 Å². The summed E-state index contributed by atoms with van der Waals surface area (Å²) in [5, 5.41) is 68.7. The van der Waals surface area contributed by atoms with Crippen LogP contribution in [0.5, 0.6) is 0 Å². The van der Waals surface area contributed by atoms with Crippen LogP contribution in [-0.4, -0.2) is 123 Å². The SMILES string of the molecule is OCC1O[C@@H](O[C@@H]2C(CO)O[C@@H](OCCS)C(O)[C@H]2O)C(O)C(O)[C@H]1O. The van der Waals surface area contributed by atoms with Crippen molar-refractivity contribution in [3.8, 4) is 0 Å². The molecular formula is C14H26O11S. The summed E-state index contributed by atoms with van der Waals surface area (Å²) in [7, 11) is 0. The third-order valence-corrected chi connectivity index (χ3v) is 4.52. The molecule has 2 aliphatic heterocycles. The summed E-state index contributed by atoms with van der Waals surface area (Å²) in [6.07, 6.45) is -14.5. The Balaban J connectivity index is 2.09. The van der Waals surface area contributed by atoms with Crippen molar-refractivity contribution in [2.24, 2.45) is 0 Å². The molecule has 2 saturated heterocycles. The first-order valence-corrected chi connectivity index (χ1v) is 8.79. The molecule has 0 aromatic carbocycles. The van der Waals surface area contributed by atoms with Gasteiger partial charge in [-0.25, -0.2) is 0 Å². The molecule has 0 aliphatic carbocycles. The highest BCUT2D eigenvalue weighted by atomic mass is 32.1. The van der Waals surface area contributed by atoms with Crippen molar-refractivity contribution in [1.82, 2.24) is 0 Å². The van der Waals surface area contributed by atoms with Crippen LogP contribution in [0.15, 0.2) is 0 Å². The van der Waals surface area contributed by atoms with Crippen molar-refractivity contribution in [2.75, 3.05) is 25.6 Å². The van der Waals surface area contributed by atoms with E-state index in [0.717, 1.165) is 0 Å². The summed E-state index contributed by atoms with van der Waals surface area (Å²) in [5.74, 6) is 0.345. The lowest BCUT2D eigenvalue weighted by Gasteiger charge is -2.45. The van der Waals surface area contributed by atoms with Crippen molar-refractivity contribution < 1.29 is 54.7 Å². The van der Waals surface area contributed by atoms with Gasteiger partial charge in [0, 0.05) is 5.75 Å². The number of thiol groups is 1. The molecule has 0 bridgehead atoms. The van der Waals surface area contributed by atoms with Gasteiger partial charge in [-0.15, -0.1) is 0 Å². The molecule has 2 rings (SSSR count). The molecule has 0 saturated carbocycles. The summed E-state index contributed by atoms with van der Waals surface area (Å²) in [6, 6.07) is 0. The molecule has 12 heteroatoms. The minimum atomic E-state index is -1.70. The lowest BCUT2D eigenvalue weighted by molar-refractivity contribution is -0.359. The second-order valence-corrected chi connectivity index (χ2v) is 6.55. The van der Waals surface area contributed by atoms with Gasteiger partial charge in [0.2, 0.25) is 0 Å². The second-order valence-electron chi connectivity index (χ2n) is 6.10. The fourth-order valence-corrected chi connectivity index (χ4v) is 2.97. The average molecular weight is 402 g/mol. The first-order valence-electron chi connectivity index (χ1n) is 8.16. The number of hydrogen-bond donors (Lipinski definition) is 8. The van der Waals surface area contributed by atoms with Gasteiger partial charge in [0.25, 0.3) is 0 Å². The highest BCUT2D eigenvalue weighted by Crippen LogP contribution is 2.29. The van der Waals surface area contributed by atoms with Crippen LogP contribution in [-0.2, 0) is 18.9 Å². The Labute approximate surface area is 155 Å². The first kappa shape index (κ1) is 22.2. The van der Waals surface area contributed by atoms with Crippen LogP contribution >= 0.6 is 12.6 Å². The lowest BCUT2D eigenvalue weighted by atomic mass is 9.97. The van der Waals surface area contributed by atoms with Crippen LogP contribution < -0.4 is 0 Å². The fourth-order valence-electron chi connectivity index (χ4n) is 2.86. The minimum Gasteiger partial charge on any atom is -0.394 e. The Morgan fingerprint density at radius 3 is 1.88 bits per heavy atom. The van der Waals surface area contributed by atoms with E-state index in [9.17, 15) is 35.7 Å². The van der Waals surface area contributed by atoms with Crippen LogP contribution in [0, 0.1) is 0 Å². The summed E-state index contributed by atoms with van der Waals surface area (Å²) in [4.78, 5) is 0. The summed E-state index contributed by atoms with van der Waals surface area (Å²) in [6.45, 7) is -1.12. The summed E-state index contributed by atoms with van der Waals surface area (Å²) in [5.41, 5.74) is 0. The van der Waals surface area contributed by atoms with Crippen LogP contribution in [0.3, 0.4) is 0 Å². The molecule has 0 spiro atoms. The largest absolute Gasteiger partial charge is 0.394 e. The Morgan fingerprint density at radius 1 is 0.731 bits per heavy atom. The molecule has 2 heterocycles. The van der Waals surface area contributed by atoms with Gasteiger partial charge in [0.1, 0.15) is 48.8 Å².